The van der Waals surface area contributed by atoms with Gasteiger partial charge in [0, 0.05) is 15.4 Å². The first-order valence-corrected chi connectivity index (χ1v) is 7.98. The van der Waals surface area contributed by atoms with Crippen LogP contribution in [0.15, 0.2) is 32.0 Å². The minimum absolute atomic E-state index is 0.0647. The highest BCUT2D eigenvalue weighted by Crippen LogP contribution is 2.25. The number of carboxylic acids is 1. The third kappa shape index (κ3) is 4.31. The number of benzene rings is 1. The molecular formula is C11H9Br2NO4S. The number of carboxylic acid groups (broad SMARTS) is 1. The maximum atomic E-state index is 12.1. The molecule has 0 aliphatic heterocycles. The Morgan fingerprint density at radius 1 is 1.47 bits per heavy atom. The van der Waals surface area contributed by atoms with Gasteiger partial charge in [-0.25, -0.2) is 8.42 Å². The van der Waals surface area contributed by atoms with Crippen molar-refractivity contribution in [1.29, 1.82) is 0 Å². The van der Waals surface area contributed by atoms with Gasteiger partial charge < -0.3 is 5.11 Å². The number of carbonyl (C=O) groups is 1. The molecule has 1 rings (SSSR count). The van der Waals surface area contributed by atoms with Crippen molar-refractivity contribution >= 4 is 47.9 Å². The summed E-state index contributed by atoms with van der Waals surface area (Å²) in [5, 5.41) is 8.90. The Morgan fingerprint density at radius 2 is 2.11 bits per heavy atom. The molecule has 102 valence electrons. The molecule has 0 bridgehead atoms. The standard InChI is InChI=1S/C11H9Br2NO4S/c1-2-3-9(11(15)16)14-19(17,18)10-6-7(12)4-5-8(10)13/h1,4-6,9,14H,3H2,(H,15,16). The Hall–Kier alpha value is -0.880. The lowest BCUT2D eigenvalue weighted by molar-refractivity contribution is -0.138. The van der Waals surface area contributed by atoms with Gasteiger partial charge in [-0.05, 0) is 34.1 Å². The number of hydrogen-bond donors (Lipinski definition) is 2. The average Bonchev–Trinajstić information content (AvgIpc) is 2.31. The number of nitrogens with one attached hydrogen (secondary N) is 1. The molecule has 8 heteroatoms. The minimum atomic E-state index is -3.98. The molecule has 0 aromatic heterocycles. The lowest BCUT2D eigenvalue weighted by Crippen LogP contribution is -2.40. The predicted molar refractivity (Wildman–Crippen MR) is 77.0 cm³/mol. The van der Waals surface area contributed by atoms with Crippen LogP contribution in [-0.2, 0) is 14.8 Å². The van der Waals surface area contributed by atoms with Gasteiger partial charge in [-0.15, -0.1) is 12.3 Å². The summed E-state index contributed by atoms with van der Waals surface area (Å²) in [4.78, 5) is 10.8. The van der Waals surface area contributed by atoms with Gasteiger partial charge >= 0.3 is 5.97 Å². The van der Waals surface area contributed by atoms with Crippen LogP contribution in [0.2, 0.25) is 0 Å². The molecule has 0 heterocycles. The second-order valence-electron chi connectivity index (χ2n) is 3.50. The van der Waals surface area contributed by atoms with Crippen molar-refractivity contribution in [3.05, 3.63) is 27.1 Å². The number of rotatable bonds is 5. The second-order valence-corrected chi connectivity index (χ2v) is 6.95. The van der Waals surface area contributed by atoms with Crippen LogP contribution in [0.4, 0.5) is 0 Å². The van der Waals surface area contributed by atoms with Crippen molar-refractivity contribution in [1.82, 2.24) is 4.72 Å². The summed E-state index contributed by atoms with van der Waals surface area (Å²) in [6, 6.07) is 3.19. The first-order chi connectivity index (χ1) is 8.77. The highest BCUT2D eigenvalue weighted by atomic mass is 79.9. The molecule has 0 radical (unpaired) electrons. The quantitative estimate of drug-likeness (QED) is 0.727. The maximum absolute atomic E-state index is 12.1. The summed E-state index contributed by atoms with van der Waals surface area (Å²) in [7, 11) is -3.98. The second kappa shape index (κ2) is 6.52. The molecule has 1 aromatic carbocycles. The molecule has 19 heavy (non-hydrogen) atoms. The number of sulfonamides is 1. The van der Waals surface area contributed by atoms with Gasteiger partial charge in [-0.1, -0.05) is 15.9 Å². The van der Waals surface area contributed by atoms with E-state index in [0.717, 1.165) is 0 Å². The fourth-order valence-corrected chi connectivity index (χ4v) is 3.92. The van der Waals surface area contributed by atoms with Crippen molar-refractivity contribution in [3.63, 3.8) is 0 Å². The average molecular weight is 411 g/mol. The van der Waals surface area contributed by atoms with Gasteiger partial charge in [-0.2, -0.15) is 4.72 Å². The predicted octanol–water partition coefficient (Wildman–Crippen LogP) is 1.97. The zero-order chi connectivity index (χ0) is 14.6. The van der Waals surface area contributed by atoms with E-state index >= 15 is 0 Å². The molecule has 2 N–H and O–H groups in total. The molecule has 1 atom stereocenters. The first kappa shape index (κ1) is 16.2. The Bertz CT molecular complexity index is 637. The van der Waals surface area contributed by atoms with Crippen LogP contribution in [0.25, 0.3) is 0 Å². The zero-order valence-corrected chi connectivity index (χ0v) is 13.4. The maximum Gasteiger partial charge on any atom is 0.322 e. The Kier molecular flexibility index (Phi) is 5.55. The van der Waals surface area contributed by atoms with Crippen LogP contribution >= 0.6 is 31.9 Å². The summed E-state index contributed by atoms with van der Waals surface area (Å²) in [6.45, 7) is 0. The van der Waals surface area contributed by atoms with E-state index in [9.17, 15) is 13.2 Å². The monoisotopic (exact) mass is 409 g/mol. The largest absolute Gasteiger partial charge is 0.480 e. The highest BCUT2D eigenvalue weighted by Gasteiger charge is 2.26. The molecule has 0 saturated heterocycles. The van der Waals surface area contributed by atoms with E-state index in [1.54, 1.807) is 6.07 Å². The van der Waals surface area contributed by atoms with Crippen LogP contribution in [-0.4, -0.2) is 25.5 Å². The van der Waals surface area contributed by atoms with E-state index in [-0.39, 0.29) is 11.3 Å². The number of hydrogen-bond acceptors (Lipinski definition) is 3. The van der Waals surface area contributed by atoms with Gasteiger partial charge in [0.1, 0.15) is 6.04 Å². The van der Waals surface area contributed by atoms with Crippen molar-refractivity contribution in [2.24, 2.45) is 0 Å². The van der Waals surface area contributed by atoms with Crippen molar-refractivity contribution in [3.8, 4) is 12.3 Å². The smallest absolute Gasteiger partial charge is 0.322 e. The number of terminal acetylenes is 1. The van der Waals surface area contributed by atoms with Crippen molar-refractivity contribution < 1.29 is 18.3 Å². The minimum Gasteiger partial charge on any atom is -0.480 e. The summed E-state index contributed by atoms with van der Waals surface area (Å²) in [5.74, 6) is 0.794. The van der Waals surface area contributed by atoms with Gasteiger partial charge in [0.15, 0.2) is 0 Å². The third-order valence-corrected chi connectivity index (χ3v) is 5.06. The fourth-order valence-electron chi connectivity index (χ4n) is 1.23. The van der Waals surface area contributed by atoms with Gasteiger partial charge in [0.25, 0.3) is 0 Å². The molecule has 0 aliphatic carbocycles. The first-order valence-electron chi connectivity index (χ1n) is 4.91. The lowest BCUT2D eigenvalue weighted by Gasteiger charge is -2.13. The summed E-state index contributed by atoms with van der Waals surface area (Å²) in [6.07, 6.45) is 4.78. The van der Waals surface area contributed by atoms with E-state index in [1.165, 1.54) is 12.1 Å². The van der Waals surface area contributed by atoms with Gasteiger partial charge in [0.2, 0.25) is 10.0 Å². The van der Waals surface area contributed by atoms with E-state index in [2.05, 4.69) is 42.5 Å². The molecule has 1 aromatic rings. The van der Waals surface area contributed by atoms with Crippen LogP contribution in [0.1, 0.15) is 6.42 Å². The van der Waals surface area contributed by atoms with E-state index in [1.807, 2.05) is 0 Å². The summed E-state index contributed by atoms with van der Waals surface area (Å²) in [5.41, 5.74) is 0. The van der Waals surface area contributed by atoms with Gasteiger partial charge in [-0.3, -0.25) is 4.79 Å². The van der Waals surface area contributed by atoms with E-state index in [4.69, 9.17) is 11.5 Å². The Morgan fingerprint density at radius 3 is 2.63 bits per heavy atom. The molecular weight excluding hydrogens is 402 g/mol. The Balaban J connectivity index is 3.14. The normalized spacial score (nSPS) is 12.7. The SMILES string of the molecule is C#CCC(NS(=O)(=O)c1cc(Br)ccc1Br)C(=O)O. The van der Waals surface area contributed by atoms with Crippen molar-refractivity contribution in [2.75, 3.05) is 0 Å². The van der Waals surface area contributed by atoms with Crippen molar-refractivity contribution in [2.45, 2.75) is 17.4 Å². The Labute approximate surface area is 127 Å². The van der Waals surface area contributed by atoms with E-state index < -0.39 is 22.0 Å². The molecule has 0 amide bonds. The molecule has 5 nitrogen and oxygen atoms in total. The van der Waals surface area contributed by atoms with Gasteiger partial charge in [0.05, 0.1) is 4.90 Å². The fraction of sp³-hybridized carbons (Fsp3) is 0.182. The lowest BCUT2D eigenvalue weighted by atomic mass is 10.2. The van der Waals surface area contributed by atoms with Crippen LogP contribution in [0.3, 0.4) is 0 Å². The summed E-state index contributed by atoms with van der Waals surface area (Å²) >= 11 is 6.26. The molecule has 0 spiro atoms. The molecule has 0 fully saturated rings. The van der Waals surface area contributed by atoms with E-state index in [0.29, 0.717) is 8.95 Å². The molecule has 0 aliphatic rings. The topological polar surface area (TPSA) is 83.5 Å². The van der Waals surface area contributed by atoms with Crippen LogP contribution in [0.5, 0.6) is 0 Å². The zero-order valence-electron chi connectivity index (χ0n) is 9.43. The molecule has 0 saturated carbocycles. The number of halogens is 2. The number of aliphatic carboxylic acids is 1. The highest BCUT2D eigenvalue weighted by molar-refractivity contribution is 9.11. The van der Waals surface area contributed by atoms with Crippen LogP contribution in [0, 0.1) is 12.3 Å². The van der Waals surface area contributed by atoms with Crippen LogP contribution < -0.4 is 4.72 Å². The summed E-state index contributed by atoms with van der Waals surface area (Å²) < 4.78 is 27.1. The molecule has 1 unspecified atom stereocenters. The third-order valence-electron chi connectivity index (χ3n) is 2.10.